The second-order valence-electron chi connectivity index (χ2n) is 11.8. The maximum atomic E-state index is 14.7. The molecule has 48 heavy (non-hydrogen) atoms. The predicted molar refractivity (Wildman–Crippen MR) is 193 cm³/mol. The Morgan fingerprint density at radius 3 is 2.21 bits per heavy atom. The number of carbonyl (C=O) groups excluding carboxylic acids is 2. The van der Waals surface area contributed by atoms with Gasteiger partial charge in [-0.15, -0.1) is 0 Å². The highest BCUT2D eigenvalue weighted by atomic mass is 79.9. The van der Waals surface area contributed by atoms with Gasteiger partial charge in [0.05, 0.1) is 22.7 Å². The maximum absolute atomic E-state index is 14.7. The fourth-order valence-electron chi connectivity index (χ4n) is 5.99. The van der Waals surface area contributed by atoms with Crippen LogP contribution in [0, 0.1) is 0 Å². The number of amides is 2. The molecule has 0 heterocycles. The molecular weight excluding hydrogens is 714 g/mol. The lowest BCUT2D eigenvalue weighted by molar-refractivity contribution is -0.140. The minimum absolute atomic E-state index is 0.0131. The summed E-state index contributed by atoms with van der Waals surface area (Å²) in [5, 5.41) is 3.42. The van der Waals surface area contributed by atoms with Crippen LogP contribution in [0.5, 0.6) is 5.75 Å². The summed E-state index contributed by atoms with van der Waals surface area (Å²) in [5.41, 5.74) is 1.85. The average molecular weight is 753 g/mol. The molecule has 0 saturated heterocycles. The van der Waals surface area contributed by atoms with E-state index >= 15 is 0 Å². The number of nitrogens with zero attached hydrogens (tertiary/aromatic N) is 2. The summed E-state index contributed by atoms with van der Waals surface area (Å²) in [6, 6.07) is 28.7. The Hall–Kier alpha value is -3.86. The molecule has 4 aromatic carbocycles. The lowest BCUT2D eigenvalue weighted by Gasteiger charge is -2.35. The van der Waals surface area contributed by atoms with Gasteiger partial charge >= 0.3 is 0 Å². The van der Waals surface area contributed by atoms with Crippen molar-refractivity contribution in [3.63, 3.8) is 0 Å². The molecule has 1 atom stereocenters. The summed E-state index contributed by atoms with van der Waals surface area (Å²) in [4.78, 5) is 30.5. The van der Waals surface area contributed by atoms with Gasteiger partial charge in [-0.1, -0.05) is 107 Å². The first kappa shape index (κ1) is 35.4. The van der Waals surface area contributed by atoms with Gasteiger partial charge in [-0.25, -0.2) is 8.42 Å². The Kier molecular flexibility index (Phi) is 12.2. The normalized spacial score (nSPS) is 14.1. The van der Waals surface area contributed by atoms with Crippen molar-refractivity contribution in [3.8, 4) is 5.75 Å². The fraction of sp³-hybridized carbons (Fsp3) is 0.297. The van der Waals surface area contributed by atoms with Gasteiger partial charge in [0.2, 0.25) is 11.8 Å². The Bertz CT molecular complexity index is 1800. The summed E-state index contributed by atoms with van der Waals surface area (Å²) in [6.07, 6.45) is 5.21. The molecule has 1 aliphatic carbocycles. The van der Waals surface area contributed by atoms with Gasteiger partial charge < -0.3 is 15.0 Å². The van der Waals surface area contributed by atoms with Crippen LogP contribution >= 0.6 is 27.5 Å². The van der Waals surface area contributed by atoms with Crippen molar-refractivity contribution in [2.75, 3.05) is 18.0 Å². The van der Waals surface area contributed by atoms with Crippen LogP contribution in [0.4, 0.5) is 5.69 Å². The lowest BCUT2D eigenvalue weighted by Crippen LogP contribution is -2.55. The standard InChI is InChI=1S/C37H39BrClN3O5S/c1-47-35-21-20-31(24-33(35)39)42(48(45,46)32-18-9-4-10-19-32)26-36(43)41(25-28-14-11-15-29(38)22-28)34(23-27-12-5-2-6-13-27)37(44)40-30-16-7-3-8-17-30/h2,4-6,9-15,18-22,24,30,34H,3,7-8,16-17,23,25-26H2,1H3,(H,40,44)/t34-/m0/s1. The van der Waals surface area contributed by atoms with Crippen molar-refractivity contribution in [1.82, 2.24) is 10.2 Å². The Labute approximate surface area is 296 Å². The number of methoxy groups -OCH3 is 1. The minimum atomic E-state index is -4.25. The van der Waals surface area contributed by atoms with E-state index in [1.54, 1.807) is 30.3 Å². The molecule has 5 rings (SSSR count). The Morgan fingerprint density at radius 1 is 0.896 bits per heavy atom. The molecule has 0 unspecified atom stereocenters. The van der Waals surface area contributed by atoms with Gasteiger partial charge in [-0.2, -0.15) is 0 Å². The summed E-state index contributed by atoms with van der Waals surface area (Å²) in [6.45, 7) is -0.494. The van der Waals surface area contributed by atoms with E-state index in [-0.39, 0.29) is 40.5 Å². The van der Waals surface area contributed by atoms with Crippen LogP contribution in [-0.4, -0.2) is 50.9 Å². The zero-order valence-corrected chi connectivity index (χ0v) is 29.9. The van der Waals surface area contributed by atoms with Crippen LogP contribution < -0.4 is 14.4 Å². The van der Waals surface area contributed by atoms with Crippen molar-refractivity contribution in [2.24, 2.45) is 0 Å². The highest BCUT2D eigenvalue weighted by Crippen LogP contribution is 2.32. The monoisotopic (exact) mass is 751 g/mol. The number of rotatable bonds is 13. The number of hydrogen-bond acceptors (Lipinski definition) is 5. The third-order valence-electron chi connectivity index (χ3n) is 8.50. The van der Waals surface area contributed by atoms with Crippen LogP contribution in [0.25, 0.3) is 0 Å². The second-order valence-corrected chi connectivity index (χ2v) is 15.0. The van der Waals surface area contributed by atoms with E-state index in [1.807, 2.05) is 54.6 Å². The van der Waals surface area contributed by atoms with Gasteiger partial charge in [-0.3, -0.25) is 13.9 Å². The van der Waals surface area contributed by atoms with Crippen molar-refractivity contribution in [2.45, 2.75) is 62.0 Å². The fourth-order valence-corrected chi connectivity index (χ4v) is 8.11. The molecule has 8 nitrogen and oxygen atoms in total. The molecule has 252 valence electrons. The van der Waals surface area contributed by atoms with E-state index in [4.69, 9.17) is 16.3 Å². The molecular formula is C37H39BrClN3O5S. The zero-order chi connectivity index (χ0) is 34.1. The predicted octanol–water partition coefficient (Wildman–Crippen LogP) is 7.40. The third kappa shape index (κ3) is 8.98. The molecule has 1 N–H and O–H groups in total. The first-order chi connectivity index (χ1) is 23.2. The van der Waals surface area contributed by atoms with Crippen LogP contribution in [0.1, 0.15) is 43.2 Å². The Morgan fingerprint density at radius 2 is 1.56 bits per heavy atom. The molecule has 0 aromatic heterocycles. The summed E-state index contributed by atoms with van der Waals surface area (Å²) in [7, 11) is -2.78. The average Bonchev–Trinajstić information content (AvgIpc) is 3.09. The van der Waals surface area contributed by atoms with Crippen LogP contribution in [0.15, 0.2) is 112 Å². The molecule has 0 aliphatic heterocycles. The first-order valence-corrected chi connectivity index (χ1v) is 18.6. The van der Waals surface area contributed by atoms with Gasteiger partial charge in [-0.05, 0) is 66.4 Å². The Balaban J connectivity index is 1.57. The number of ether oxygens (including phenoxy) is 1. The van der Waals surface area contributed by atoms with Crippen LogP contribution in [0.2, 0.25) is 5.02 Å². The van der Waals surface area contributed by atoms with Crippen molar-refractivity contribution in [3.05, 3.63) is 124 Å². The molecule has 1 fully saturated rings. The largest absolute Gasteiger partial charge is 0.495 e. The van der Waals surface area contributed by atoms with E-state index in [1.165, 1.54) is 30.2 Å². The highest BCUT2D eigenvalue weighted by Gasteiger charge is 2.35. The summed E-state index contributed by atoms with van der Waals surface area (Å²) < 4.78 is 35.6. The quantitative estimate of drug-likeness (QED) is 0.154. The maximum Gasteiger partial charge on any atom is 0.264 e. The molecule has 1 saturated carbocycles. The number of anilines is 1. The molecule has 11 heteroatoms. The van der Waals surface area contributed by atoms with Gasteiger partial charge in [0, 0.05) is 23.5 Å². The molecule has 0 bridgehead atoms. The van der Waals surface area contributed by atoms with Crippen LogP contribution in [0.3, 0.4) is 0 Å². The van der Waals surface area contributed by atoms with E-state index in [2.05, 4.69) is 21.2 Å². The number of hydrogen-bond donors (Lipinski definition) is 1. The minimum Gasteiger partial charge on any atom is -0.495 e. The molecule has 2 amide bonds. The lowest BCUT2D eigenvalue weighted by atomic mass is 9.94. The number of nitrogens with one attached hydrogen (secondary N) is 1. The summed E-state index contributed by atoms with van der Waals surface area (Å²) >= 11 is 9.99. The van der Waals surface area contributed by atoms with E-state index in [9.17, 15) is 18.0 Å². The molecule has 0 radical (unpaired) electrons. The van der Waals surface area contributed by atoms with E-state index < -0.39 is 28.5 Å². The van der Waals surface area contributed by atoms with Crippen molar-refractivity contribution < 1.29 is 22.7 Å². The highest BCUT2D eigenvalue weighted by molar-refractivity contribution is 9.10. The van der Waals surface area contributed by atoms with E-state index in [0.717, 1.165) is 52.0 Å². The zero-order valence-electron chi connectivity index (χ0n) is 26.7. The SMILES string of the molecule is COc1ccc(N(CC(=O)N(Cc2cccc(Br)c2)[C@@H](Cc2ccccc2)C(=O)NC2CCCCC2)S(=O)(=O)c2ccccc2)cc1Cl. The van der Waals surface area contributed by atoms with Crippen LogP contribution in [-0.2, 0) is 32.6 Å². The third-order valence-corrected chi connectivity index (χ3v) is 11.1. The van der Waals surface area contributed by atoms with Gasteiger partial charge in [0.25, 0.3) is 10.0 Å². The number of halogens is 2. The topological polar surface area (TPSA) is 96.0 Å². The molecule has 0 spiro atoms. The van der Waals surface area contributed by atoms with Gasteiger partial charge in [0.1, 0.15) is 18.3 Å². The number of carbonyl (C=O) groups is 2. The molecule has 1 aliphatic rings. The van der Waals surface area contributed by atoms with Crippen molar-refractivity contribution in [1.29, 1.82) is 0 Å². The number of sulfonamides is 1. The smallest absolute Gasteiger partial charge is 0.264 e. The molecule has 4 aromatic rings. The number of benzene rings is 4. The first-order valence-electron chi connectivity index (χ1n) is 16.0. The second kappa shape index (κ2) is 16.5. The van der Waals surface area contributed by atoms with Crippen molar-refractivity contribution >= 4 is 55.1 Å². The summed E-state index contributed by atoms with van der Waals surface area (Å²) in [5.74, 6) is -0.442. The van der Waals surface area contributed by atoms with E-state index in [0.29, 0.717) is 5.75 Å². The van der Waals surface area contributed by atoms with Gasteiger partial charge in [0.15, 0.2) is 0 Å².